The van der Waals surface area contributed by atoms with Gasteiger partial charge < -0.3 is 5.11 Å². The van der Waals surface area contributed by atoms with Gasteiger partial charge in [-0.25, -0.2) is 18.6 Å². The summed E-state index contributed by atoms with van der Waals surface area (Å²) in [6, 6.07) is 21.4. The van der Waals surface area contributed by atoms with Gasteiger partial charge in [0.25, 0.3) is 5.91 Å². The molecule has 0 atom stereocenters. The van der Waals surface area contributed by atoms with Gasteiger partial charge in [0.15, 0.2) is 0 Å². The highest BCUT2D eigenvalue weighted by atomic mass is 32.2. The van der Waals surface area contributed by atoms with E-state index in [4.69, 9.17) is 5.11 Å². The maximum atomic E-state index is 12.3. The summed E-state index contributed by atoms with van der Waals surface area (Å²) in [4.78, 5) is 23.2. The molecule has 8 nitrogen and oxygen atoms in total. The molecule has 9 heteroatoms. The van der Waals surface area contributed by atoms with Gasteiger partial charge in [-0.1, -0.05) is 42.5 Å². The van der Waals surface area contributed by atoms with Crippen LogP contribution < -0.4 is 9.73 Å². The second-order valence-corrected chi connectivity index (χ2v) is 8.84. The van der Waals surface area contributed by atoms with Crippen molar-refractivity contribution in [3.05, 3.63) is 101 Å². The summed E-state index contributed by atoms with van der Waals surface area (Å²) in [6.07, 6.45) is 2.53. The summed E-state index contributed by atoms with van der Waals surface area (Å²) in [5.41, 5.74) is 4.74. The summed E-state index contributed by atoms with van der Waals surface area (Å²) >= 11 is 0. The molecule has 0 saturated heterocycles. The quantitative estimate of drug-likeness (QED) is 0.403. The lowest BCUT2D eigenvalue weighted by molar-refractivity contribution is 0.0696. The Morgan fingerprint density at radius 1 is 0.938 bits per heavy atom. The number of sulfonamides is 1. The molecule has 0 aliphatic carbocycles. The third-order valence-electron chi connectivity index (χ3n) is 4.52. The van der Waals surface area contributed by atoms with Gasteiger partial charge in [0.1, 0.15) is 0 Å². The highest BCUT2D eigenvalue weighted by molar-refractivity contribution is 7.92. The summed E-state index contributed by atoms with van der Waals surface area (Å²) in [7, 11) is -3.53. The van der Waals surface area contributed by atoms with E-state index in [2.05, 4.69) is 10.5 Å². The van der Waals surface area contributed by atoms with E-state index >= 15 is 0 Å². The Morgan fingerprint density at radius 3 is 2.09 bits per heavy atom. The standard InChI is InChI=1S/C23H21N3O5S/c1-32(30,31)26(16-18-5-3-2-4-6-18)21-13-11-19(12-14-21)22(27)25-24-15-17-7-9-20(10-8-17)23(28)29/h2-15H,16H2,1H3,(H,25,27)(H,28,29)/b24-15+. The molecule has 32 heavy (non-hydrogen) atoms. The van der Waals surface area contributed by atoms with Crippen molar-refractivity contribution in [3.8, 4) is 0 Å². The van der Waals surface area contributed by atoms with Gasteiger partial charge in [0.2, 0.25) is 10.0 Å². The number of hydrogen-bond donors (Lipinski definition) is 2. The van der Waals surface area contributed by atoms with E-state index in [1.165, 1.54) is 34.8 Å². The highest BCUT2D eigenvalue weighted by Gasteiger charge is 2.18. The Morgan fingerprint density at radius 2 is 1.53 bits per heavy atom. The summed E-state index contributed by atoms with van der Waals surface area (Å²) in [6.45, 7) is 0.177. The summed E-state index contributed by atoms with van der Waals surface area (Å²) < 4.78 is 25.8. The van der Waals surface area contributed by atoms with Crippen LogP contribution in [-0.2, 0) is 16.6 Å². The highest BCUT2D eigenvalue weighted by Crippen LogP contribution is 2.21. The topological polar surface area (TPSA) is 116 Å². The second kappa shape index (κ2) is 9.88. The molecule has 0 aliphatic heterocycles. The lowest BCUT2D eigenvalue weighted by atomic mass is 10.1. The maximum absolute atomic E-state index is 12.3. The molecule has 0 bridgehead atoms. The average molecular weight is 452 g/mol. The fraction of sp³-hybridized carbons (Fsp3) is 0.0870. The van der Waals surface area contributed by atoms with Crippen LogP contribution in [0.15, 0.2) is 84.0 Å². The second-order valence-electron chi connectivity index (χ2n) is 6.93. The van der Waals surface area contributed by atoms with Gasteiger partial charge in [0, 0.05) is 5.56 Å². The fourth-order valence-electron chi connectivity index (χ4n) is 2.87. The van der Waals surface area contributed by atoms with Crippen LogP contribution in [0.25, 0.3) is 0 Å². The minimum atomic E-state index is -3.53. The molecule has 1 amide bonds. The molecule has 3 aromatic carbocycles. The SMILES string of the molecule is CS(=O)(=O)N(Cc1ccccc1)c1ccc(C(=O)N/N=C/c2ccc(C(=O)O)cc2)cc1. The Hall–Kier alpha value is -3.98. The molecule has 0 aromatic heterocycles. The smallest absolute Gasteiger partial charge is 0.335 e. The van der Waals surface area contributed by atoms with Gasteiger partial charge in [-0.05, 0) is 47.5 Å². The first-order chi connectivity index (χ1) is 15.2. The molecule has 3 rings (SSSR count). The van der Waals surface area contributed by atoms with Gasteiger partial charge in [-0.3, -0.25) is 9.10 Å². The average Bonchev–Trinajstić information content (AvgIpc) is 2.78. The minimum Gasteiger partial charge on any atom is -0.478 e. The molecule has 3 aromatic rings. The molecule has 0 fully saturated rings. The Bertz CT molecular complexity index is 1220. The Balaban J connectivity index is 1.68. The van der Waals surface area contributed by atoms with Crippen LogP contribution in [0.5, 0.6) is 0 Å². The maximum Gasteiger partial charge on any atom is 0.335 e. The predicted molar refractivity (Wildman–Crippen MR) is 122 cm³/mol. The van der Waals surface area contributed by atoms with E-state index < -0.39 is 21.9 Å². The lowest BCUT2D eigenvalue weighted by Gasteiger charge is -2.22. The molecule has 0 spiro atoms. The van der Waals surface area contributed by atoms with Crippen LogP contribution in [0.4, 0.5) is 5.69 Å². The molecule has 0 saturated carbocycles. The van der Waals surface area contributed by atoms with Gasteiger partial charge in [-0.2, -0.15) is 5.10 Å². The number of carboxylic acid groups (broad SMARTS) is 1. The third-order valence-corrected chi connectivity index (χ3v) is 5.66. The molecule has 0 radical (unpaired) electrons. The largest absolute Gasteiger partial charge is 0.478 e. The van der Waals surface area contributed by atoms with Crippen molar-refractivity contribution in [2.45, 2.75) is 6.54 Å². The normalized spacial score (nSPS) is 11.3. The first kappa shape index (κ1) is 22.7. The van der Waals surface area contributed by atoms with Crippen molar-refractivity contribution in [2.75, 3.05) is 10.6 Å². The molecular formula is C23H21N3O5S. The zero-order valence-corrected chi connectivity index (χ0v) is 18.0. The molecule has 0 heterocycles. The van der Waals surface area contributed by atoms with Crippen LogP contribution in [0, 0.1) is 0 Å². The van der Waals surface area contributed by atoms with Crippen molar-refractivity contribution in [1.82, 2.24) is 5.43 Å². The zero-order chi connectivity index (χ0) is 23.1. The van der Waals surface area contributed by atoms with Crippen LogP contribution in [0.2, 0.25) is 0 Å². The molecule has 0 unspecified atom stereocenters. The number of carbonyl (C=O) groups excluding carboxylic acids is 1. The van der Waals surface area contributed by atoms with E-state index in [0.29, 0.717) is 16.8 Å². The van der Waals surface area contributed by atoms with Crippen molar-refractivity contribution in [3.63, 3.8) is 0 Å². The Kier molecular flexibility index (Phi) is 7.01. The van der Waals surface area contributed by atoms with Crippen LogP contribution in [-0.4, -0.2) is 37.9 Å². The van der Waals surface area contributed by atoms with Crippen LogP contribution in [0.3, 0.4) is 0 Å². The fourth-order valence-corrected chi connectivity index (χ4v) is 3.76. The monoisotopic (exact) mass is 451 g/mol. The number of benzene rings is 3. The van der Waals surface area contributed by atoms with Gasteiger partial charge in [-0.15, -0.1) is 0 Å². The summed E-state index contributed by atoms with van der Waals surface area (Å²) in [5.74, 6) is -1.49. The molecule has 2 N–H and O–H groups in total. The van der Waals surface area contributed by atoms with Gasteiger partial charge in [0.05, 0.1) is 30.3 Å². The number of carboxylic acids is 1. The number of hydrazone groups is 1. The van der Waals surface area contributed by atoms with E-state index in [1.54, 1.807) is 24.3 Å². The third kappa shape index (κ3) is 6.02. The summed E-state index contributed by atoms with van der Waals surface area (Å²) in [5, 5.41) is 12.8. The van der Waals surface area contributed by atoms with E-state index in [9.17, 15) is 18.0 Å². The van der Waals surface area contributed by atoms with Crippen LogP contribution >= 0.6 is 0 Å². The van der Waals surface area contributed by atoms with Crippen molar-refractivity contribution >= 4 is 33.8 Å². The van der Waals surface area contributed by atoms with Crippen molar-refractivity contribution in [1.29, 1.82) is 0 Å². The molecular weight excluding hydrogens is 430 g/mol. The molecule has 0 aliphatic rings. The van der Waals surface area contributed by atoms with Gasteiger partial charge >= 0.3 is 5.97 Å². The minimum absolute atomic E-state index is 0.154. The lowest BCUT2D eigenvalue weighted by Crippen LogP contribution is -2.29. The van der Waals surface area contributed by atoms with Crippen LogP contribution in [0.1, 0.15) is 31.8 Å². The van der Waals surface area contributed by atoms with Crippen molar-refractivity contribution in [2.24, 2.45) is 5.10 Å². The number of amides is 1. The first-order valence-corrected chi connectivity index (χ1v) is 11.4. The number of aromatic carboxylic acids is 1. The van der Waals surface area contributed by atoms with E-state index in [-0.39, 0.29) is 12.1 Å². The number of carbonyl (C=O) groups is 2. The zero-order valence-electron chi connectivity index (χ0n) is 17.2. The number of nitrogens with one attached hydrogen (secondary N) is 1. The molecule has 164 valence electrons. The number of rotatable bonds is 8. The van der Waals surface area contributed by atoms with Crippen molar-refractivity contribution < 1.29 is 23.1 Å². The first-order valence-electron chi connectivity index (χ1n) is 9.52. The Labute approximate surface area is 185 Å². The number of nitrogens with zero attached hydrogens (tertiary/aromatic N) is 2. The number of hydrogen-bond acceptors (Lipinski definition) is 5. The predicted octanol–water partition coefficient (Wildman–Crippen LogP) is 3.11. The number of anilines is 1. The van der Waals surface area contributed by atoms with E-state index in [1.807, 2.05) is 30.3 Å². The van der Waals surface area contributed by atoms with E-state index in [0.717, 1.165) is 11.8 Å².